The van der Waals surface area contributed by atoms with E-state index in [0.29, 0.717) is 12.6 Å². The van der Waals surface area contributed by atoms with Crippen LogP contribution >= 0.6 is 12.4 Å². The van der Waals surface area contributed by atoms with Gasteiger partial charge >= 0.3 is 0 Å². The topological polar surface area (TPSA) is 41.6 Å². The van der Waals surface area contributed by atoms with Gasteiger partial charge in [0.15, 0.2) is 0 Å². The number of benzene rings is 1. The van der Waals surface area contributed by atoms with E-state index in [9.17, 15) is 4.79 Å². The Hall–Kier alpha value is -1.10. The Morgan fingerprint density at radius 1 is 1.29 bits per heavy atom. The van der Waals surface area contributed by atoms with Crippen LogP contribution in [0, 0.1) is 0 Å². The fraction of sp³-hybridized carbons (Fsp3) is 0.562. The number of halogens is 1. The molecule has 118 valence electrons. The molecule has 1 aromatic rings. The Kier molecular flexibility index (Phi) is 8.35. The van der Waals surface area contributed by atoms with Crippen molar-refractivity contribution >= 4 is 18.3 Å². The van der Waals surface area contributed by atoms with Gasteiger partial charge in [-0.25, -0.2) is 0 Å². The summed E-state index contributed by atoms with van der Waals surface area (Å²) in [5.41, 5.74) is 1.25. The highest BCUT2D eigenvalue weighted by atomic mass is 35.5. The highest BCUT2D eigenvalue weighted by Gasteiger charge is 2.21. The maximum atomic E-state index is 12.0. The summed E-state index contributed by atoms with van der Waals surface area (Å²) in [5.74, 6) is 0.118. The first-order valence-electron chi connectivity index (χ1n) is 7.36. The molecule has 0 unspecified atom stereocenters. The molecule has 1 saturated heterocycles. The number of rotatable bonds is 6. The second-order valence-corrected chi connectivity index (χ2v) is 5.23. The molecular weight excluding hydrogens is 288 g/mol. The molecule has 1 aromatic carbocycles. The maximum Gasteiger partial charge on any atom is 0.248 e. The predicted molar refractivity (Wildman–Crippen MR) is 86.9 cm³/mol. The number of nitrogens with one attached hydrogen (secondary N) is 1. The van der Waals surface area contributed by atoms with Crippen molar-refractivity contribution in [3.63, 3.8) is 0 Å². The first-order valence-corrected chi connectivity index (χ1v) is 7.36. The summed E-state index contributed by atoms with van der Waals surface area (Å²) >= 11 is 0. The fourth-order valence-corrected chi connectivity index (χ4v) is 2.50. The van der Waals surface area contributed by atoms with Gasteiger partial charge in [0.25, 0.3) is 0 Å². The maximum absolute atomic E-state index is 12.0. The van der Waals surface area contributed by atoms with Gasteiger partial charge in [-0.1, -0.05) is 30.3 Å². The number of hydrogen-bond acceptors (Lipinski definition) is 3. The predicted octanol–water partition coefficient (Wildman–Crippen LogP) is 1.88. The SMILES string of the molecule is CNC1CCN(C(=O)COCCc2ccccc2)CC1.Cl. The minimum absolute atomic E-state index is 0. The van der Waals surface area contributed by atoms with Gasteiger partial charge in [0, 0.05) is 19.1 Å². The Labute approximate surface area is 133 Å². The Morgan fingerprint density at radius 3 is 2.57 bits per heavy atom. The molecule has 0 saturated carbocycles. The van der Waals surface area contributed by atoms with E-state index in [0.717, 1.165) is 32.4 Å². The molecule has 1 fully saturated rings. The largest absolute Gasteiger partial charge is 0.371 e. The van der Waals surface area contributed by atoms with Crippen molar-refractivity contribution in [2.75, 3.05) is 33.4 Å². The zero-order chi connectivity index (χ0) is 14.2. The Bertz CT molecular complexity index is 406. The van der Waals surface area contributed by atoms with Crippen molar-refractivity contribution in [1.29, 1.82) is 0 Å². The van der Waals surface area contributed by atoms with Crippen LogP contribution in [0.5, 0.6) is 0 Å². The summed E-state index contributed by atoms with van der Waals surface area (Å²) in [6.45, 7) is 2.48. The number of carbonyl (C=O) groups excluding carboxylic acids is 1. The monoisotopic (exact) mass is 312 g/mol. The van der Waals surface area contributed by atoms with Gasteiger partial charge in [-0.15, -0.1) is 12.4 Å². The highest BCUT2D eigenvalue weighted by Crippen LogP contribution is 2.10. The summed E-state index contributed by atoms with van der Waals surface area (Å²) in [6.07, 6.45) is 2.93. The molecule has 1 heterocycles. The third-order valence-corrected chi connectivity index (χ3v) is 3.86. The Balaban J connectivity index is 0.00000220. The van der Waals surface area contributed by atoms with Gasteiger partial charge in [0.1, 0.15) is 6.61 Å². The van der Waals surface area contributed by atoms with Crippen LogP contribution in [0.4, 0.5) is 0 Å². The molecule has 0 aliphatic carbocycles. The number of likely N-dealkylation sites (tertiary alicyclic amines) is 1. The lowest BCUT2D eigenvalue weighted by Gasteiger charge is -2.31. The van der Waals surface area contributed by atoms with E-state index in [1.165, 1.54) is 5.56 Å². The minimum Gasteiger partial charge on any atom is -0.371 e. The first-order chi connectivity index (χ1) is 9.79. The number of nitrogens with zero attached hydrogens (tertiary/aromatic N) is 1. The van der Waals surface area contributed by atoms with E-state index in [-0.39, 0.29) is 24.9 Å². The van der Waals surface area contributed by atoms with Crippen LogP contribution < -0.4 is 5.32 Å². The second-order valence-electron chi connectivity index (χ2n) is 5.23. The second kappa shape index (κ2) is 9.77. The van der Waals surface area contributed by atoms with Gasteiger partial charge in [-0.05, 0) is 31.9 Å². The standard InChI is InChI=1S/C16H24N2O2.ClH/c1-17-15-7-10-18(11-8-15)16(19)13-20-12-9-14-5-3-2-4-6-14;/h2-6,15,17H,7-13H2,1H3;1H. The number of hydrogen-bond donors (Lipinski definition) is 1. The van der Waals surface area contributed by atoms with E-state index in [2.05, 4.69) is 17.4 Å². The zero-order valence-corrected chi connectivity index (χ0v) is 13.4. The molecule has 5 heteroatoms. The van der Waals surface area contributed by atoms with E-state index < -0.39 is 0 Å². The van der Waals surface area contributed by atoms with Crippen molar-refractivity contribution in [2.45, 2.75) is 25.3 Å². The van der Waals surface area contributed by atoms with Crippen LogP contribution in [0.2, 0.25) is 0 Å². The van der Waals surface area contributed by atoms with Crippen LogP contribution in [0.25, 0.3) is 0 Å². The molecule has 2 rings (SSSR count). The van der Waals surface area contributed by atoms with Gasteiger partial charge in [0.2, 0.25) is 5.91 Å². The first kappa shape index (κ1) is 18.0. The normalized spacial score (nSPS) is 15.6. The van der Waals surface area contributed by atoms with E-state index in [1.807, 2.05) is 30.1 Å². The van der Waals surface area contributed by atoms with Crippen molar-refractivity contribution in [3.8, 4) is 0 Å². The number of carbonyl (C=O) groups is 1. The minimum atomic E-state index is 0. The van der Waals surface area contributed by atoms with Crippen molar-refractivity contribution in [1.82, 2.24) is 10.2 Å². The van der Waals surface area contributed by atoms with E-state index in [1.54, 1.807) is 0 Å². The van der Waals surface area contributed by atoms with Gasteiger partial charge < -0.3 is 15.0 Å². The van der Waals surface area contributed by atoms with Crippen LogP contribution in [0.1, 0.15) is 18.4 Å². The van der Waals surface area contributed by atoms with E-state index in [4.69, 9.17) is 4.74 Å². The molecule has 1 aliphatic heterocycles. The lowest BCUT2D eigenvalue weighted by Crippen LogP contribution is -2.45. The molecule has 0 radical (unpaired) electrons. The van der Waals surface area contributed by atoms with Crippen molar-refractivity contribution < 1.29 is 9.53 Å². The summed E-state index contributed by atoms with van der Waals surface area (Å²) in [5, 5.41) is 3.26. The molecule has 1 aliphatic rings. The summed E-state index contributed by atoms with van der Waals surface area (Å²) < 4.78 is 5.50. The summed E-state index contributed by atoms with van der Waals surface area (Å²) in [4.78, 5) is 13.9. The number of piperidine rings is 1. The van der Waals surface area contributed by atoms with Gasteiger partial charge in [-0.2, -0.15) is 0 Å². The molecule has 0 atom stereocenters. The highest BCUT2D eigenvalue weighted by molar-refractivity contribution is 5.85. The van der Waals surface area contributed by atoms with E-state index >= 15 is 0 Å². The molecule has 4 nitrogen and oxygen atoms in total. The fourth-order valence-electron chi connectivity index (χ4n) is 2.50. The van der Waals surface area contributed by atoms with Crippen LogP contribution in [-0.2, 0) is 16.0 Å². The molecule has 0 bridgehead atoms. The lowest BCUT2D eigenvalue weighted by atomic mass is 10.1. The molecule has 0 spiro atoms. The lowest BCUT2D eigenvalue weighted by molar-refractivity contribution is -0.137. The average molecular weight is 313 g/mol. The van der Waals surface area contributed by atoms with Crippen molar-refractivity contribution in [3.05, 3.63) is 35.9 Å². The molecule has 1 N–H and O–H groups in total. The quantitative estimate of drug-likeness (QED) is 0.816. The number of ether oxygens (including phenoxy) is 1. The number of amides is 1. The Morgan fingerprint density at radius 2 is 1.95 bits per heavy atom. The van der Waals surface area contributed by atoms with Crippen LogP contribution in [-0.4, -0.2) is 50.2 Å². The third-order valence-electron chi connectivity index (χ3n) is 3.86. The molecule has 1 amide bonds. The molecular formula is C16H25ClN2O2. The molecule has 21 heavy (non-hydrogen) atoms. The van der Waals surface area contributed by atoms with Gasteiger partial charge in [-0.3, -0.25) is 4.79 Å². The van der Waals surface area contributed by atoms with Crippen LogP contribution in [0.15, 0.2) is 30.3 Å². The summed E-state index contributed by atoms with van der Waals surface area (Å²) in [6, 6.07) is 10.8. The van der Waals surface area contributed by atoms with Gasteiger partial charge in [0.05, 0.1) is 6.61 Å². The summed E-state index contributed by atoms with van der Waals surface area (Å²) in [7, 11) is 1.98. The average Bonchev–Trinajstić information content (AvgIpc) is 2.52. The zero-order valence-electron chi connectivity index (χ0n) is 12.6. The third kappa shape index (κ3) is 6.04. The van der Waals surface area contributed by atoms with Crippen molar-refractivity contribution in [2.24, 2.45) is 0 Å². The molecule has 0 aromatic heterocycles. The smallest absolute Gasteiger partial charge is 0.248 e. The van der Waals surface area contributed by atoms with Crippen LogP contribution in [0.3, 0.4) is 0 Å².